The zero-order chi connectivity index (χ0) is 26.4. The van der Waals surface area contributed by atoms with Crippen molar-refractivity contribution in [2.24, 2.45) is 0 Å². The fourth-order valence-corrected chi connectivity index (χ4v) is 5.99. The molecule has 5 aromatic rings. The van der Waals surface area contributed by atoms with Gasteiger partial charge in [0.15, 0.2) is 0 Å². The zero-order valence-electron chi connectivity index (χ0n) is 21.0. The Morgan fingerprint density at radius 3 is 2.08 bits per heavy atom. The van der Waals surface area contributed by atoms with Crippen LogP contribution in [-0.4, -0.2) is 20.4 Å². The summed E-state index contributed by atoms with van der Waals surface area (Å²) in [6, 6.07) is 32.1. The summed E-state index contributed by atoms with van der Waals surface area (Å²) in [5.74, 6) is 0.683. The molecule has 0 spiro atoms. The number of phenolic OH excluding ortho intramolecular Hbond substituents is 3. The van der Waals surface area contributed by atoms with Crippen molar-refractivity contribution in [1.29, 1.82) is 0 Å². The Hall–Kier alpha value is -4.70. The molecule has 0 fully saturated rings. The SMILES string of the molecule is CC(C1=C(O)CCc2cc(O)ccc21)(c1ccc(-c2ccccc2)cc1)c1c(O)ccc2cc(O)ccc12. The molecule has 1 atom stereocenters. The van der Waals surface area contributed by atoms with Crippen LogP contribution in [0.25, 0.3) is 27.5 Å². The highest BCUT2D eigenvalue weighted by Gasteiger charge is 2.41. The number of hydrogen-bond acceptors (Lipinski definition) is 4. The van der Waals surface area contributed by atoms with E-state index in [-0.39, 0.29) is 23.0 Å². The molecular weight excluding hydrogens is 472 g/mol. The van der Waals surface area contributed by atoms with E-state index in [1.807, 2.05) is 37.3 Å². The molecule has 0 aliphatic heterocycles. The number of phenols is 3. The number of aliphatic hydroxyl groups excluding tert-OH is 1. The Morgan fingerprint density at radius 2 is 1.32 bits per heavy atom. The predicted molar refractivity (Wildman–Crippen MR) is 152 cm³/mol. The maximum Gasteiger partial charge on any atom is 0.120 e. The van der Waals surface area contributed by atoms with Crippen LogP contribution in [0.3, 0.4) is 0 Å². The van der Waals surface area contributed by atoms with Gasteiger partial charge in [-0.2, -0.15) is 0 Å². The van der Waals surface area contributed by atoms with Crippen LogP contribution in [0, 0.1) is 0 Å². The first-order valence-corrected chi connectivity index (χ1v) is 12.7. The molecule has 1 aliphatic rings. The molecule has 0 saturated carbocycles. The van der Waals surface area contributed by atoms with Gasteiger partial charge in [0.25, 0.3) is 0 Å². The predicted octanol–water partition coefficient (Wildman–Crippen LogP) is 7.85. The van der Waals surface area contributed by atoms with Crippen molar-refractivity contribution in [3.63, 3.8) is 0 Å². The van der Waals surface area contributed by atoms with Gasteiger partial charge < -0.3 is 20.4 Å². The number of allylic oxidation sites excluding steroid dienone is 2. The Labute approximate surface area is 221 Å². The lowest BCUT2D eigenvalue weighted by Crippen LogP contribution is -2.29. The quantitative estimate of drug-likeness (QED) is 0.203. The van der Waals surface area contributed by atoms with Crippen LogP contribution < -0.4 is 0 Å². The van der Waals surface area contributed by atoms with Crippen molar-refractivity contribution >= 4 is 16.3 Å². The topological polar surface area (TPSA) is 80.9 Å². The number of hydrogen-bond donors (Lipinski definition) is 4. The first kappa shape index (κ1) is 23.7. The van der Waals surface area contributed by atoms with Crippen LogP contribution in [0.15, 0.2) is 109 Å². The average molecular weight is 501 g/mol. The molecule has 4 nitrogen and oxygen atoms in total. The number of aromatic hydroxyl groups is 3. The van der Waals surface area contributed by atoms with Gasteiger partial charge in [0.1, 0.15) is 17.2 Å². The zero-order valence-corrected chi connectivity index (χ0v) is 21.0. The minimum Gasteiger partial charge on any atom is -0.512 e. The van der Waals surface area contributed by atoms with Crippen LogP contribution in [-0.2, 0) is 11.8 Å². The van der Waals surface area contributed by atoms with E-state index >= 15 is 0 Å². The summed E-state index contributed by atoms with van der Waals surface area (Å²) in [5.41, 5.74) is 5.23. The number of aliphatic hydroxyl groups is 1. The van der Waals surface area contributed by atoms with Crippen molar-refractivity contribution < 1.29 is 20.4 Å². The van der Waals surface area contributed by atoms with Crippen LogP contribution in [0.5, 0.6) is 17.2 Å². The van der Waals surface area contributed by atoms with Gasteiger partial charge in [0, 0.05) is 17.6 Å². The molecule has 4 heteroatoms. The molecule has 0 bridgehead atoms. The van der Waals surface area contributed by atoms with Gasteiger partial charge in [0.05, 0.1) is 11.2 Å². The van der Waals surface area contributed by atoms with E-state index in [1.165, 1.54) is 0 Å². The minimum absolute atomic E-state index is 0.101. The van der Waals surface area contributed by atoms with Gasteiger partial charge >= 0.3 is 0 Å². The maximum absolute atomic E-state index is 11.5. The molecule has 4 N–H and O–H groups in total. The summed E-state index contributed by atoms with van der Waals surface area (Å²) in [6.45, 7) is 2.03. The first-order valence-electron chi connectivity index (χ1n) is 12.7. The minimum atomic E-state index is -0.966. The molecule has 1 aliphatic carbocycles. The summed E-state index contributed by atoms with van der Waals surface area (Å²) in [4.78, 5) is 0. The molecule has 0 radical (unpaired) electrons. The molecule has 6 rings (SSSR count). The Balaban J connectivity index is 1.66. The number of rotatable bonds is 4. The second-order valence-corrected chi connectivity index (χ2v) is 10.1. The fourth-order valence-electron chi connectivity index (χ4n) is 5.99. The lowest BCUT2D eigenvalue weighted by Gasteiger charge is -2.38. The summed E-state index contributed by atoms with van der Waals surface area (Å²) in [5, 5.41) is 44.8. The normalized spacial score (nSPS) is 14.8. The van der Waals surface area contributed by atoms with E-state index < -0.39 is 5.41 Å². The first-order chi connectivity index (χ1) is 18.4. The second kappa shape index (κ2) is 9.00. The van der Waals surface area contributed by atoms with Crippen molar-refractivity contribution in [2.75, 3.05) is 0 Å². The van der Waals surface area contributed by atoms with Crippen LogP contribution in [0.2, 0.25) is 0 Å². The fraction of sp³-hybridized carbons (Fsp3) is 0.118. The molecule has 0 saturated heterocycles. The third-order valence-corrected chi connectivity index (χ3v) is 7.83. The summed E-state index contributed by atoms with van der Waals surface area (Å²) >= 11 is 0. The smallest absolute Gasteiger partial charge is 0.120 e. The molecule has 0 amide bonds. The van der Waals surface area contributed by atoms with E-state index in [2.05, 4.69) is 36.4 Å². The Bertz CT molecular complexity index is 1700. The van der Waals surface area contributed by atoms with Gasteiger partial charge in [-0.15, -0.1) is 0 Å². The van der Waals surface area contributed by atoms with Crippen LogP contribution in [0.1, 0.15) is 35.6 Å². The maximum atomic E-state index is 11.5. The molecule has 0 aromatic heterocycles. The summed E-state index contributed by atoms with van der Waals surface area (Å²) in [6.07, 6.45) is 1.03. The van der Waals surface area contributed by atoms with Crippen molar-refractivity contribution in [3.05, 3.63) is 131 Å². The van der Waals surface area contributed by atoms with E-state index in [0.717, 1.165) is 38.6 Å². The molecule has 5 aromatic carbocycles. The highest BCUT2D eigenvalue weighted by Crippen LogP contribution is 2.53. The average Bonchev–Trinajstić information content (AvgIpc) is 2.93. The van der Waals surface area contributed by atoms with E-state index in [0.29, 0.717) is 24.0 Å². The number of fused-ring (bicyclic) bond motifs is 2. The largest absolute Gasteiger partial charge is 0.512 e. The van der Waals surface area contributed by atoms with Gasteiger partial charge in [-0.25, -0.2) is 0 Å². The molecular formula is C34H28O4. The van der Waals surface area contributed by atoms with Gasteiger partial charge in [-0.3, -0.25) is 0 Å². The van der Waals surface area contributed by atoms with Crippen molar-refractivity contribution in [3.8, 4) is 28.4 Å². The third kappa shape index (κ3) is 3.77. The van der Waals surface area contributed by atoms with Crippen molar-refractivity contribution in [1.82, 2.24) is 0 Å². The van der Waals surface area contributed by atoms with E-state index in [1.54, 1.807) is 36.4 Å². The summed E-state index contributed by atoms with van der Waals surface area (Å²) < 4.78 is 0. The van der Waals surface area contributed by atoms with Crippen LogP contribution >= 0.6 is 0 Å². The lowest BCUT2D eigenvalue weighted by atomic mass is 9.64. The van der Waals surface area contributed by atoms with E-state index in [4.69, 9.17) is 0 Å². The number of benzene rings is 5. The highest BCUT2D eigenvalue weighted by molar-refractivity contribution is 5.95. The molecule has 38 heavy (non-hydrogen) atoms. The summed E-state index contributed by atoms with van der Waals surface area (Å²) in [7, 11) is 0. The van der Waals surface area contributed by atoms with E-state index in [9.17, 15) is 20.4 Å². The molecule has 1 unspecified atom stereocenters. The van der Waals surface area contributed by atoms with Crippen molar-refractivity contribution in [2.45, 2.75) is 25.2 Å². The Kier molecular flexibility index (Phi) is 5.61. The Morgan fingerprint density at radius 1 is 0.632 bits per heavy atom. The number of aryl methyl sites for hydroxylation is 1. The molecule has 0 heterocycles. The van der Waals surface area contributed by atoms with Gasteiger partial charge in [-0.1, -0.05) is 72.8 Å². The third-order valence-electron chi connectivity index (χ3n) is 7.83. The van der Waals surface area contributed by atoms with Gasteiger partial charge in [-0.05, 0) is 82.3 Å². The molecule has 188 valence electrons. The second-order valence-electron chi connectivity index (χ2n) is 10.1. The standard InChI is InChI=1S/C34H28O4/c1-34(25-11-7-22(8-12-25)21-5-3-2-4-6-21,32-28-15-13-26(35)19-23(28)9-17-30(32)37)33-29-16-14-27(36)20-24(29)10-18-31(33)38/h2-9,11-17,19-20,35-38H,10,18H2,1H3. The van der Waals surface area contributed by atoms with Gasteiger partial charge in [0.2, 0.25) is 0 Å². The lowest BCUT2D eigenvalue weighted by molar-refractivity contribution is 0.381. The van der Waals surface area contributed by atoms with Crippen LogP contribution in [0.4, 0.5) is 0 Å². The highest BCUT2D eigenvalue weighted by atomic mass is 16.3. The monoisotopic (exact) mass is 500 g/mol.